The van der Waals surface area contributed by atoms with Gasteiger partial charge in [-0.1, -0.05) is 18.2 Å². The number of para-hydroxylation sites is 1. The van der Waals surface area contributed by atoms with Crippen molar-refractivity contribution in [3.8, 4) is 11.3 Å². The van der Waals surface area contributed by atoms with E-state index in [0.29, 0.717) is 21.8 Å². The molecule has 0 atom stereocenters. The number of aromatic nitrogens is 3. The van der Waals surface area contributed by atoms with Gasteiger partial charge in [-0.15, -0.1) is 11.3 Å². The summed E-state index contributed by atoms with van der Waals surface area (Å²) >= 11 is 1.25. The summed E-state index contributed by atoms with van der Waals surface area (Å²) in [6, 6.07) is 10.9. The molecular weight excluding hydrogens is 358 g/mol. The fourth-order valence-corrected chi connectivity index (χ4v) is 3.48. The number of aryl methyl sites for hydroxylation is 1. The van der Waals surface area contributed by atoms with Crippen LogP contribution in [0.2, 0.25) is 0 Å². The largest absolute Gasteiger partial charge is 0.296 e. The molecule has 0 unspecified atom stereocenters. The van der Waals surface area contributed by atoms with Crippen molar-refractivity contribution in [2.75, 3.05) is 5.32 Å². The zero-order valence-corrected chi connectivity index (χ0v) is 14.3. The Morgan fingerprint density at radius 2 is 1.96 bits per heavy atom. The van der Waals surface area contributed by atoms with Gasteiger partial charge in [0.25, 0.3) is 5.91 Å². The number of carbonyl (C=O) groups is 1. The molecular formula is C18H12F2N4OS. The maximum Gasteiger partial charge on any atom is 0.278 e. The van der Waals surface area contributed by atoms with Crippen LogP contribution in [0, 0.1) is 18.6 Å². The predicted molar refractivity (Wildman–Crippen MR) is 96.2 cm³/mol. The van der Waals surface area contributed by atoms with Crippen molar-refractivity contribution >= 4 is 33.3 Å². The zero-order chi connectivity index (χ0) is 18.3. The maximum absolute atomic E-state index is 13.5. The number of H-pyrrole nitrogens is 1. The Balaban J connectivity index is 1.63. The number of carbonyl (C=O) groups excluding carboxylic acids is 1. The fraction of sp³-hybridized carbons (Fsp3) is 0.0556. The number of hydrogen-bond acceptors (Lipinski definition) is 4. The zero-order valence-electron chi connectivity index (χ0n) is 13.5. The molecule has 0 saturated heterocycles. The Morgan fingerprint density at radius 1 is 1.15 bits per heavy atom. The standard InChI is InChI=1S/C18H12F2N4OS/c1-9-15(10-6-7-12(19)13(20)8-10)21-18(26-9)22-17(25)16-11-4-2-3-5-14(11)23-24-16/h2-8H,1H3,(H,23,24)(H,21,22,25). The van der Waals surface area contributed by atoms with Crippen LogP contribution in [0.15, 0.2) is 42.5 Å². The highest BCUT2D eigenvalue weighted by Crippen LogP contribution is 2.31. The second-order valence-corrected chi connectivity index (χ2v) is 6.83. The third-order valence-corrected chi connectivity index (χ3v) is 4.78. The lowest BCUT2D eigenvalue weighted by Crippen LogP contribution is -2.12. The van der Waals surface area contributed by atoms with E-state index in [2.05, 4.69) is 20.5 Å². The summed E-state index contributed by atoms with van der Waals surface area (Å²) in [5, 5.41) is 10.6. The lowest BCUT2D eigenvalue weighted by molar-refractivity contribution is 0.102. The molecule has 0 aliphatic rings. The van der Waals surface area contributed by atoms with Gasteiger partial charge in [0.05, 0.1) is 11.2 Å². The molecule has 0 fully saturated rings. The minimum Gasteiger partial charge on any atom is -0.296 e. The first kappa shape index (κ1) is 16.3. The monoisotopic (exact) mass is 370 g/mol. The number of thiazole rings is 1. The summed E-state index contributed by atoms with van der Waals surface area (Å²) in [7, 11) is 0. The minimum atomic E-state index is -0.941. The molecule has 0 radical (unpaired) electrons. The highest BCUT2D eigenvalue weighted by atomic mass is 32.1. The molecule has 1 amide bonds. The Kier molecular flexibility index (Phi) is 3.96. The van der Waals surface area contributed by atoms with Gasteiger partial charge < -0.3 is 0 Å². The van der Waals surface area contributed by atoms with Crippen molar-refractivity contribution in [1.29, 1.82) is 0 Å². The average molecular weight is 370 g/mol. The summed E-state index contributed by atoms with van der Waals surface area (Å²) in [5.74, 6) is -2.25. The summed E-state index contributed by atoms with van der Waals surface area (Å²) in [6.45, 7) is 1.80. The van der Waals surface area contributed by atoms with E-state index in [9.17, 15) is 13.6 Å². The average Bonchev–Trinajstić information content (AvgIpc) is 3.21. The third-order valence-electron chi connectivity index (χ3n) is 3.90. The van der Waals surface area contributed by atoms with Gasteiger partial charge in [0.1, 0.15) is 0 Å². The van der Waals surface area contributed by atoms with Gasteiger partial charge in [0, 0.05) is 15.8 Å². The first-order chi connectivity index (χ1) is 12.5. The lowest BCUT2D eigenvalue weighted by Gasteiger charge is -2.00. The predicted octanol–water partition coefficient (Wildman–Crippen LogP) is 4.53. The molecule has 2 aromatic heterocycles. The van der Waals surface area contributed by atoms with Crippen molar-refractivity contribution in [3.05, 3.63) is 64.7 Å². The van der Waals surface area contributed by atoms with Crippen molar-refractivity contribution < 1.29 is 13.6 Å². The summed E-state index contributed by atoms with van der Waals surface area (Å²) in [6.07, 6.45) is 0. The van der Waals surface area contributed by atoms with E-state index in [1.165, 1.54) is 17.4 Å². The number of anilines is 1. The number of rotatable bonds is 3. The second-order valence-electron chi connectivity index (χ2n) is 5.62. The topological polar surface area (TPSA) is 70.7 Å². The number of benzene rings is 2. The molecule has 2 heterocycles. The van der Waals surface area contributed by atoms with Crippen LogP contribution < -0.4 is 5.32 Å². The molecule has 0 aliphatic heterocycles. The van der Waals surface area contributed by atoms with Gasteiger partial charge in [-0.05, 0) is 31.2 Å². The summed E-state index contributed by atoms with van der Waals surface area (Å²) < 4.78 is 26.6. The van der Waals surface area contributed by atoms with Crippen LogP contribution in [0.5, 0.6) is 0 Å². The number of hydrogen-bond donors (Lipinski definition) is 2. The molecule has 0 spiro atoms. The fourth-order valence-electron chi connectivity index (χ4n) is 2.65. The van der Waals surface area contributed by atoms with E-state index < -0.39 is 17.5 Å². The molecule has 0 saturated carbocycles. The molecule has 4 rings (SSSR count). The summed E-state index contributed by atoms with van der Waals surface area (Å²) in [4.78, 5) is 17.6. The first-order valence-electron chi connectivity index (χ1n) is 7.70. The molecule has 2 N–H and O–H groups in total. The van der Waals surface area contributed by atoms with Crippen molar-refractivity contribution in [1.82, 2.24) is 15.2 Å². The Labute approximate surface area is 150 Å². The number of amides is 1. The number of halogens is 2. The van der Waals surface area contributed by atoms with Gasteiger partial charge in [-0.3, -0.25) is 15.2 Å². The van der Waals surface area contributed by atoms with Crippen LogP contribution >= 0.6 is 11.3 Å². The molecule has 130 valence electrons. The van der Waals surface area contributed by atoms with Crippen molar-refractivity contribution in [3.63, 3.8) is 0 Å². The van der Waals surface area contributed by atoms with Gasteiger partial charge >= 0.3 is 0 Å². The third kappa shape index (κ3) is 2.84. The van der Waals surface area contributed by atoms with Gasteiger partial charge in [-0.2, -0.15) is 5.10 Å². The maximum atomic E-state index is 13.5. The van der Waals surface area contributed by atoms with Gasteiger partial charge in [0.2, 0.25) is 0 Å². The van der Waals surface area contributed by atoms with E-state index >= 15 is 0 Å². The Morgan fingerprint density at radius 3 is 2.77 bits per heavy atom. The van der Waals surface area contributed by atoms with Crippen molar-refractivity contribution in [2.45, 2.75) is 6.92 Å². The van der Waals surface area contributed by atoms with Gasteiger partial charge in [-0.25, -0.2) is 13.8 Å². The Hall–Kier alpha value is -3.13. The molecule has 26 heavy (non-hydrogen) atoms. The minimum absolute atomic E-state index is 0.267. The SMILES string of the molecule is Cc1sc(NC(=O)c2n[nH]c3ccccc23)nc1-c1ccc(F)c(F)c1. The highest BCUT2D eigenvalue weighted by molar-refractivity contribution is 7.16. The lowest BCUT2D eigenvalue weighted by atomic mass is 10.1. The Bertz CT molecular complexity index is 1140. The van der Waals surface area contributed by atoms with E-state index in [-0.39, 0.29) is 5.69 Å². The van der Waals surface area contributed by atoms with E-state index in [1.807, 2.05) is 18.2 Å². The molecule has 0 aliphatic carbocycles. The van der Waals surface area contributed by atoms with Crippen molar-refractivity contribution in [2.24, 2.45) is 0 Å². The molecule has 8 heteroatoms. The number of nitrogens with one attached hydrogen (secondary N) is 2. The van der Waals surface area contributed by atoms with Crippen LogP contribution in [-0.4, -0.2) is 21.1 Å². The van der Waals surface area contributed by atoms with E-state index in [0.717, 1.165) is 22.5 Å². The van der Waals surface area contributed by atoms with E-state index in [1.54, 1.807) is 13.0 Å². The summed E-state index contributed by atoms with van der Waals surface area (Å²) in [5.41, 5.74) is 1.97. The highest BCUT2D eigenvalue weighted by Gasteiger charge is 2.17. The molecule has 5 nitrogen and oxygen atoms in total. The quantitative estimate of drug-likeness (QED) is 0.557. The van der Waals surface area contributed by atoms with Crippen LogP contribution in [0.3, 0.4) is 0 Å². The van der Waals surface area contributed by atoms with E-state index in [4.69, 9.17) is 0 Å². The van der Waals surface area contributed by atoms with Crippen LogP contribution in [-0.2, 0) is 0 Å². The number of aromatic amines is 1. The number of fused-ring (bicyclic) bond motifs is 1. The normalized spacial score (nSPS) is 11.0. The van der Waals surface area contributed by atoms with Crippen LogP contribution in [0.4, 0.5) is 13.9 Å². The molecule has 4 aromatic rings. The van der Waals surface area contributed by atoms with Crippen LogP contribution in [0.25, 0.3) is 22.2 Å². The second kappa shape index (κ2) is 6.30. The first-order valence-corrected chi connectivity index (χ1v) is 8.52. The molecule has 2 aromatic carbocycles. The van der Waals surface area contributed by atoms with Gasteiger partial charge in [0.15, 0.2) is 22.5 Å². The smallest absolute Gasteiger partial charge is 0.278 e. The number of nitrogens with zero attached hydrogens (tertiary/aromatic N) is 2. The van der Waals surface area contributed by atoms with Crippen LogP contribution in [0.1, 0.15) is 15.4 Å². The molecule has 0 bridgehead atoms.